The van der Waals surface area contributed by atoms with Gasteiger partial charge in [-0.05, 0) is 58.1 Å². The number of carbonyl (C=O) groups excluding carboxylic acids is 2. The molecule has 1 saturated heterocycles. The van der Waals surface area contributed by atoms with E-state index < -0.39 is 12.6 Å². The van der Waals surface area contributed by atoms with Gasteiger partial charge in [-0.2, -0.15) is 0 Å². The lowest BCUT2D eigenvalue weighted by Crippen LogP contribution is -2.31. The van der Waals surface area contributed by atoms with Gasteiger partial charge in [0.1, 0.15) is 0 Å². The van der Waals surface area contributed by atoms with Gasteiger partial charge in [0.05, 0.1) is 28.7 Å². The summed E-state index contributed by atoms with van der Waals surface area (Å²) in [5, 5.41) is 8.40. The van der Waals surface area contributed by atoms with Crippen molar-refractivity contribution in [2.45, 2.75) is 0 Å². The number of imide groups is 1. The molecule has 1 fully saturated rings. The molecule has 0 bridgehead atoms. The molecule has 10 heteroatoms. The maximum Gasteiger partial charge on any atom is 0.341 e. The number of hydrogen-bond acceptors (Lipinski definition) is 7. The number of carbonyl (C=O) groups is 3. The minimum absolute atomic E-state index is 0.196. The van der Waals surface area contributed by atoms with Crippen LogP contribution in [0.4, 0.5) is 4.79 Å². The van der Waals surface area contributed by atoms with Crippen molar-refractivity contribution in [1.82, 2.24) is 4.90 Å². The molecule has 0 unspecified atom stereocenters. The zero-order valence-electron chi connectivity index (χ0n) is 14.0. The van der Waals surface area contributed by atoms with Crippen molar-refractivity contribution in [2.75, 3.05) is 34.0 Å². The molecule has 1 aliphatic rings. The van der Waals surface area contributed by atoms with E-state index in [9.17, 15) is 14.4 Å². The minimum atomic E-state index is -1.10. The highest BCUT2D eigenvalue weighted by molar-refractivity contribution is 14.1. The van der Waals surface area contributed by atoms with Crippen LogP contribution in [0.2, 0.25) is 0 Å². The Morgan fingerprint density at radius 2 is 2.08 bits per heavy atom. The zero-order valence-corrected chi connectivity index (χ0v) is 17.0. The third-order valence-corrected chi connectivity index (χ3v) is 4.99. The van der Waals surface area contributed by atoms with Crippen LogP contribution in [0.3, 0.4) is 0 Å². The molecule has 140 valence electrons. The van der Waals surface area contributed by atoms with Gasteiger partial charge in [0.15, 0.2) is 18.1 Å². The van der Waals surface area contributed by atoms with Gasteiger partial charge in [-0.15, -0.1) is 0 Å². The summed E-state index contributed by atoms with van der Waals surface area (Å²) in [5.74, 6) is -0.835. The minimum Gasteiger partial charge on any atom is -0.493 e. The summed E-state index contributed by atoms with van der Waals surface area (Å²) < 4.78 is 16.0. The number of ether oxygens (including phenoxy) is 3. The smallest absolute Gasteiger partial charge is 0.341 e. The second-order valence-electron chi connectivity index (χ2n) is 5.04. The normalized spacial score (nSPS) is 15.7. The Labute approximate surface area is 167 Å². The van der Waals surface area contributed by atoms with E-state index in [4.69, 9.17) is 19.3 Å². The van der Waals surface area contributed by atoms with Gasteiger partial charge in [-0.3, -0.25) is 14.5 Å². The van der Waals surface area contributed by atoms with Crippen LogP contribution in [0.25, 0.3) is 6.08 Å². The molecule has 8 nitrogen and oxygen atoms in total. The fourth-order valence-corrected chi connectivity index (χ4v) is 3.77. The summed E-state index contributed by atoms with van der Waals surface area (Å²) in [6.45, 7) is -0.0297. The molecule has 2 rings (SSSR count). The van der Waals surface area contributed by atoms with Crippen LogP contribution in [0.15, 0.2) is 17.0 Å². The number of nitrogens with zero attached hydrogens (tertiary/aromatic N) is 1. The average Bonchev–Trinajstić information content (AvgIpc) is 2.85. The van der Waals surface area contributed by atoms with Gasteiger partial charge in [0.2, 0.25) is 0 Å². The molecule has 1 aliphatic heterocycles. The van der Waals surface area contributed by atoms with Gasteiger partial charge in [0.25, 0.3) is 11.1 Å². The van der Waals surface area contributed by atoms with E-state index >= 15 is 0 Å². The van der Waals surface area contributed by atoms with E-state index in [1.807, 2.05) is 22.6 Å². The van der Waals surface area contributed by atoms with Crippen LogP contribution >= 0.6 is 34.4 Å². The molecular weight excluding hydrogens is 477 g/mol. The van der Waals surface area contributed by atoms with E-state index in [0.717, 1.165) is 16.7 Å². The SMILES string of the molecule is COCCN1C(=O)S/C(=C/c2cc(I)c(OCC(=O)O)c(OC)c2)C1=O. The number of thioether (sulfide) groups is 1. The van der Waals surface area contributed by atoms with Crippen molar-refractivity contribution in [1.29, 1.82) is 0 Å². The fourth-order valence-electron chi connectivity index (χ4n) is 2.12. The first-order chi connectivity index (χ1) is 12.4. The first-order valence-corrected chi connectivity index (χ1v) is 9.23. The zero-order chi connectivity index (χ0) is 19.3. The van der Waals surface area contributed by atoms with Gasteiger partial charge in [-0.1, -0.05) is 0 Å². The number of hydrogen-bond donors (Lipinski definition) is 1. The Bertz CT molecular complexity index is 765. The second-order valence-corrected chi connectivity index (χ2v) is 7.20. The van der Waals surface area contributed by atoms with Crippen molar-refractivity contribution in [3.8, 4) is 11.5 Å². The maximum atomic E-state index is 12.3. The molecule has 1 N–H and O–H groups in total. The van der Waals surface area contributed by atoms with Gasteiger partial charge in [-0.25, -0.2) is 4.79 Å². The molecule has 0 aliphatic carbocycles. The van der Waals surface area contributed by atoms with Gasteiger partial charge >= 0.3 is 5.97 Å². The summed E-state index contributed by atoms with van der Waals surface area (Å²) in [6.07, 6.45) is 1.59. The topological polar surface area (TPSA) is 102 Å². The second kappa shape index (κ2) is 9.24. The Morgan fingerprint density at radius 1 is 1.35 bits per heavy atom. The Balaban J connectivity index is 2.27. The molecule has 0 aromatic heterocycles. The monoisotopic (exact) mass is 493 g/mol. The quantitative estimate of drug-likeness (QED) is 0.436. The molecular formula is C16H16INO7S. The number of carboxylic acids is 1. The van der Waals surface area contributed by atoms with Gasteiger partial charge < -0.3 is 19.3 Å². The van der Waals surface area contributed by atoms with Crippen LogP contribution in [-0.4, -0.2) is 61.1 Å². The highest BCUT2D eigenvalue weighted by atomic mass is 127. The molecule has 26 heavy (non-hydrogen) atoms. The number of benzene rings is 1. The van der Waals surface area contributed by atoms with Gasteiger partial charge in [0, 0.05) is 7.11 Å². The third kappa shape index (κ3) is 4.89. The fraction of sp³-hybridized carbons (Fsp3) is 0.312. The lowest BCUT2D eigenvalue weighted by atomic mass is 10.2. The van der Waals surface area contributed by atoms with Crippen LogP contribution in [0.1, 0.15) is 5.56 Å². The lowest BCUT2D eigenvalue weighted by molar-refractivity contribution is -0.139. The number of amides is 2. The van der Waals surface area contributed by atoms with E-state index in [1.54, 1.807) is 18.2 Å². The number of rotatable bonds is 8. The predicted molar refractivity (Wildman–Crippen MR) is 103 cm³/mol. The van der Waals surface area contributed by atoms with Crippen molar-refractivity contribution in [3.63, 3.8) is 0 Å². The highest BCUT2D eigenvalue weighted by Gasteiger charge is 2.34. The van der Waals surface area contributed by atoms with E-state index in [2.05, 4.69) is 0 Å². The number of aliphatic carboxylic acids is 1. The van der Waals surface area contributed by atoms with E-state index in [-0.39, 0.29) is 24.3 Å². The number of methoxy groups -OCH3 is 2. The van der Waals surface area contributed by atoms with Crippen molar-refractivity contribution in [2.24, 2.45) is 0 Å². The standard InChI is InChI=1S/C16H16INO7S/c1-23-4-3-18-15(21)12(26-16(18)22)7-9-5-10(17)14(11(6-9)24-2)25-8-13(19)20/h5-7H,3-4,8H2,1-2H3,(H,19,20)/b12-7+. The molecule has 2 amide bonds. The molecule has 1 heterocycles. The molecule has 0 spiro atoms. The first kappa shape index (κ1) is 20.5. The Hall–Kier alpha value is -1.79. The first-order valence-electron chi connectivity index (χ1n) is 7.33. The summed E-state index contributed by atoms with van der Waals surface area (Å²) >= 11 is 2.84. The van der Waals surface area contributed by atoms with Crippen LogP contribution < -0.4 is 9.47 Å². The van der Waals surface area contributed by atoms with E-state index in [1.165, 1.54) is 14.2 Å². The Kier molecular flexibility index (Phi) is 7.29. The third-order valence-electron chi connectivity index (χ3n) is 3.28. The predicted octanol–water partition coefficient (Wildman–Crippen LogP) is 2.45. The summed E-state index contributed by atoms with van der Waals surface area (Å²) in [6, 6.07) is 3.33. The summed E-state index contributed by atoms with van der Waals surface area (Å²) in [7, 11) is 2.93. The summed E-state index contributed by atoms with van der Waals surface area (Å²) in [5.41, 5.74) is 0.631. The average molecular weight is 493 g/mol. The summed E-state index contributed by atoms with van der Waals surface area (Å²) in [4.78, 5) is 36.4. The molecule has 1 aromatic carbocycles. The van der Waals surface area contributed by atoms with Crippen molar-refractivity contribution < 1.29 is 33.7 Å². The highest BCUT2D eigenvalue weighted by Crippen LogP contribution is 2.37. The van der Waals surface area contributed by atoms with E-state index in [0.29, 0.717) is 25.5 Å². The number of carboxylic acid groups (broad SMARTS) is 1. The van der Waals surface area contributed by atoms with Crippen molar-refractivity contribution >= 4 is 57.5 Å². The lowest BCUT2D eigenvalue weighted by Gasteiger charge is -2.12. The van der Waals surface area contributed by atoms with Crippen LogP contribution in [0, 0.1) is 3.57 Å². The molecule has 0 radical (unpaired) electrons. The Morgan fingerprint density at radius 3 is 2.69 bits per heavy atom. The molecule has 0 saturated carbocycles. The van der Waals surface area contributed by atoms with Crippen LogP contribution in [-0.2, 0) is 14.3 Å². The van der Waals surface area contributed by atoms with Crippen molar-refractivity contribution in [3.05, 3.63) is 26.2 Å². The van der Waals surface area contributed by atoms with Crippen LogP contribution in [0.5, 0.6) is 11.5 Å². The molecule has 0 atom stereocenters. The molecule has 1 aromatic rings. The maximum absolute atomic E-state index is 12.3. The number of halogens is 1. The largest absolute Gasteiger partial charge is 0.493 e.